The molecule has 0 spiro atoms. The topological polar surface area (TPSA) is 46.2 Å². The van der Waals surface area contributed by atoms with Crippen LogP contribution in [0.5, 0.6) is 0 Å². The van der Waals surface area contributed by atoms with Gasteiger partial charge < -0.3 is 5.32 Å². The molecule has 0 saturated heterocycles. The summed E-state index contributed by atoms with van der Waals surface area (Å²) in [6.07, 6.45) is 0. The third kappa shape index (κ3) is 4.30. The largest absolute Gasteiger partial charge is 0.381 e. The van der Waals surface area contributed by atoms with Crippen molar-refractivity contribution in [1.29, 1.82) is 0 Å². The van der Waals surface area contributed by atoms with Crippen molar-refractivity contribution < 1.29 is 12.8 Å². The third-order valence-corrected chi connectivity index (χ3v) is 4.78. The van der Waals surface area contributed by atoms with Crippen LogP contribution >= 0.6 is 23.2 Å². The highest BCUT2D eigenvalue weighted by Gasteiger charge is 2.15. The van der Waals surface area contributed by atoms with Gasteiger partial charge in [-0.25, -0.2) is 12.8 Å². The van der Waals surface area contributed by atoms with E-state index in [1.165, 1.54) is 12.1 Å². The Balaban J connectivity index is 2.80. The van der Waals surface area contributed by atoms with E-state index in [4.69, 9.17) is 23.2 Å². The first kappa shape index (κ1) is 15.5. The molecule has 1 atom stereocenters. The molecule has 0 fully saturated rings. The predicted molar refractivity (Wildman–Crippen MR) is 73.8 cm³/mol. The zero-order valence-electron chi connectivity index (χ0n) is 10.0. The lowest BCUT2D eigenvalue weighted by molar-refractivity contribution is 0.593. The lowest BCUT2D eigenvalue weighted by Gasteiger charge is -2.15. The van der Waals surface area contributed by atoms with Crippen LogP contribution in [0, 0.1) is 5.82 Å². The molecule has 0 aromatic heterocycles. The van der Waals surface area contributed by atoms with Gasteiger partial charge in [-0.1, -0.05) is 30.1 Å². The van der Waals surface area contributed by atoms with Gasteiger partial charge in [-0.2, -0.15) is 0 Å². The third-order valence-electron chi connectivity index (χ3n) is 2.34. The summed E-state index contributed by atoms with van der Waals surface area (Å²) in [6.45, 7) is 3.31. The van der Waals surface area contributed by atoms with Crippen LogP contribution in [0.15, 0.2) is 12.1 Å². The van der Waals surface area contributed by atoms with E-state index in [9.17, 15) is 12.8 Å². The molecule has 0 saturated carbocycles. The molecule has 7 heteroatoms. The quantitative estimate of drug-likeness (QED) is 0.848. The molecule has 102 valence electrons. The zero-order chi connectivity index (χ0) is 13.9. The van der Waals surface area contributed by atoms with Crippen LogP contribution in [0.25, 0.3) is 0 Å². The van der Waals surface area contributed by atoms with Crippen LogP contribution < -0.4 is 5.32 Å². The molecule has 1 aromatic carbocycles. The minimum Gasteiger partial charge on any atom is -0.381 e. The highest BCUT2D eigenvalue weighted by Crippen LogP contribution is 2.27. The van der Waals surface area contributed by atoms with Gasteiger partial charge in [0.05, 0.1) is 15.8 Å². The Hall–Kier alpha value is -0.520. The first-order chi connectivity index (χ1) is 8.25. The van der Waals surface area contributed by atoms with Crippen LogP contribution in [0.2, 0.25) is 10.0 Å². The van der Waals surface area contributed by atoms with Crippen LogP contribution in [0.3, 0.4) is 0 Å². The standard InChI is InChI=1S/C11H14Cl2FNO2S/c1-3-18(16,17)6-7(2)15-8-4-9(12)11(14)10(13)5-8/h4-5,7,15H,3,6H2,1-2H3. The molecule has 0 amide bonds. The fraction of sp³-hybridized carbons (Fsp3) is 0.455. The number of nitrogens with one attached hydrogen (secondary N) is 1. The summed E-state index contributed by atoms with van der Waals surface area (Å²) < 4.78 is 36.1. The summed E-state index contributed by atoms with van der Waals surface area (Å²) in [5.41, 5.74) is 0.491. The van der Waals surface area contributed by atoms with Crippen molar-refractivity contribution in [2.24, 2.45) is 0 Å². The van der Waals surface area contributed by atoms with Crippen LogP contribution in [-0.4, -0.2) is 26.0 Å². The Bertz CT molecular complexity index is 511. The van der Waals surface area contributed by atoms with Crippen molar-refractivity contribution in [2.45, 2.75) is 19.9 Å². The van der Waals surface area contributed by atoms with E-state index in [2.05, 4.69) is 5.32 Å². The summed E-state index contributed by atoms with van der Waals surface area (Å²) in [7, 11) is -3.07. The van der Waals surface area contributed by atoms with Crippen molar-refractivity contribution in [3.05, 3.63) is 28.0 Å². The van der Waals surface area contributed by atoms with E-state index in [0.29, 0.717) is 5.69 Å². The first-order valence-corrected chi connectivity index (χ1v) is 7.94. The van der Waals surface area contributed by atoms with Gasteiger partial charge in [0.25, 0.3) is 0 Å². The Morgan fingerprint density at radius 2 is 1.83 bits per heavy atom. The number of halogens is 3. The summed E-state index contributed by atoms with van der Waals surface area (Å²) >= 11 is 11.3. The highest BCUT2D eigenvalue weighted by molar-refractivity contribution is 7.91. The monoisotopic (exact) mass is 313 g/mol. The smallest absolute Gasteiger partial charge is 0.160 e. The Morgan fingerprint density at radius 3 is 2.28 bits per heavy atom. The van der Waals surface area contributed by atoms with Gasteiger partial charge in [0.2, 0.25) is 0 Å². The minimum absolute atomic E-state index is 0.00385. The fourth-order valence-corrected chi connectivity index (χ4v) is 3.03. The number of hydrogen-bond acceptors (Lipinski definition) is 3. The van der Waals surface area contributed by atoms with Gasteiger partial charge in [-0.15, -0.1) is 0 Å². The lowest BCUT2D eigenvalue weighted by atomic mass is 10.2. The highest BCUT2D eigenvalue weighted by atomic mass is 35.5. The maximum atomic E-state index is 13.2. The van der Waals surface area contributed by atoms with E-state index < -0.39 is 15.7 Å². The molecule has 0 bridgehead atoms. The van der Waals surface area contributed by atoms with Crippen molar-refractivity contribution in [2.75, 3.05) is 16.8 Å². The summed E-state index contributed by atoms with van der Waals surface area (Å²) in [5, 5.41) is 2.72. The molecule has 3 nitrogen and oxygen atoms in total. The van der Waals surface area contributed by atoms with E-state index >= 15 is 0 Å². The second-order valence-electron chi connectivity index (χ2n) is 4.00. The summed E-state index contributed by atoms with van der Waals surface area (Å²) in [4.78, 5) is 0. The van der Waals surface area contributed by atoms with Crippen molar-refractivity contribution in [3.63, 3.8) is 0 Å². The van der Waals surface area contributed by atoms with Gasteiger partial charge in [-0.3, -0.25) is 0 Å². The molecule has 1 aromatic rings. The second-order valence-corrected chi connectivity index (χ2v) is 7.21. The number of benzene rings is 1. The maximum absolute atomic E-state index is 13.2. The second kappa shape index (κ2) is 6.08. The zero-order valence-corrected chi connectivity index (χ0v) is 12.3. The van der Waals surface area contributed by atoms with Gasteiger partial charge in [0, 0.05) is 17.5 Å². The molecule has 0 radical (unpaired) electrons. The average molecular weight is 314 g/mol. The molecule has 1 N–H and O–H groups in total. The molecule has 1 rings (SSSR count). The molecule has 0 aliphatic rings. The first-order valence-electron chi connectivity index (χ1n) is 5.36. The number of rotatable bonds is 5. The number of sulfone groups is 1. The van der Waals surface area contributed by atoms with E-state index in [0.717, 1.165) is 0 Å². The molecular formula is C11H14Cl2FNO2S. The Labute approximate surface area is 116 Å². The normalized spacial score (nSPS) is 13.4. The van der Waals surface area contributed by atoms with Crippen LogP contribution in [-0.2, 0) is 9.84 Å². The molecule has 1 unspecified atom stereocenters. The van der Waals surface area contributed by atoms with Gasteiger partial charge in [0.1, 0.15) is 0 Å². The summed E-state index contributed by atoms with van der Waals surface area (Å²) in [5.74, 6) is -0.599. The lowest BCUT2D eigenvalue weighted by Crippen LogP contribution is -2.26. The predicted octanol–water partition coefficient (Wildman–Crippen LogP) is 3.37. The maximum Gasteiger partial charge on any atom is 0.160 e. The van der Waals surface area contributed by atoms with E-state index in [1.807, 2.05) is 0 Å². The van der Waals surface area contributed by atoms with Gasteiger partial charge >= 0.3 is 0 Å². The van der Waals surface area contributed by atoms with Crippen molar-refractivity contribution in [3.8, 4) is 0 Å². The van der Waals surface area contributed by atoms with Gasteiger partial charge in [0.15, 0.2) is 15.7 Å². The van der Waals surface area contributed by atoms with Crippen molar-refractivity contribution in [1.82, 2.24) is 0 Å². The van der Waals surface area contributed by atoms with Gasteiger partial charge in [-0.05, 0) is 19.1 Å². The van der Waals surface area contributed by atoms with E-state index in [1.54, 1.807) is 13.8 Å². The molecule has 18 heavy (non-hydrogen) atoms. The van der Waals surface area contributed by atoms with Crippen molar-refractivity contribution >= 4 is 38.7 Å². The molecule has 0 aliphatic heterocycles. The molecule has 0 heterocycles. The van der Waals surface area contributed by atoms with E-state index in [-0.39, 0.29) is 27.6 Å². The average Bonchev–Trinajstić information content (AvgIpc) is 2.25. The SMILES string of the molecule is CCS(=O)(=O)CC(C)Nc1cc(Cl)c(F)c(Cl)c1. The Morgan fingerprint density at radius 1 is 1.33 bits per heavy atom. The fourth-order valence-electron chi connectivity index (χ4n) is 1.46. The Kier molecular flexibility index (Phi) is 5.25. The molecular weight excluding hydrogens is 300 g/mol. The summed E-state index contributed by atoms with van der Waals surface area (Å²) in [6, 6.07) is 2.43. The number of anilines is 1. The molecule has 0 aliphatic carbocycles. The van der Waals surface area contributed by atoms with Crippen LogP contribution in [0.1, 0.15) is 13.8 Å². The number of hydrogen-bond donors (Lipinski definition) is 1. The minimum atomic E-state index is -3.07. The van der Waals surface area contributed by atoms with Crippen LogP contribution in [0.4, 0.5) is 10.1 Å².